The molecular formula is C30H49N3O. The summed E-state index contributed by atoms with van der Waals surface area (Å²) in [4.78, 5) is 17.1. The molecular weight excluding hydrogens is 418 g/mol. The van der Waals surface area contributed by atoms with Crippen molar-refractivity contribution in [2.75, 3.05) is 20.1 Å². The van der Waals surface area contributed by atoms with Crippen LogP contribution < -0.4 is 5.32 Å². The van der Waals surface area contributed by atoms with Gasteiger partial charge in [0.15, 0.2) is 0 Å². The molecule has 3 fully saturated rings. The van der Waals surface area contributed by atoms with Gasteiger partial charge in [-0.1, -0.05) is 37.0 Å². The molecule has 0 saturated carbocycles. The lowest BCUT2D eigenvalue weighted by Gasteiger charge is -2.44. The third kappa shape index (κ3) is 5.19. The van der Waals surface area contributed by atoms with Crippen molar-refractivity contribution in [1.82, 2.24) is 15.1 Å². The molecule has 0 bridgehead atoms. The van der Waals surface area contributed by atoms with Crippen LogP contribution in [0.15, 0.2) is 22.3 Å². The molecule has 2 aliphatic carbocycles. The van der Waals surface area contributed by atoms with Crippen LogP contribution in [0.2, 0.25) is 0 Å². The van der Waals surface area contributed by atoms with E-state index in [2.05, 4.69) is 36.0 Å². The van der Waals surface area contributed by atoms with Crippen LogP contribution in [0, 0.1) is 11.8 Å². The highest BCUT2D eigenvalue weighted by molar-refractivity contribution is 5.74. The van der Waals surface area contributed by atoms with E-state index in [4.69, 9.17) is 0 Å². The second kappa shape index (κ2) is 10.5. The maximum Gasteiger partial charge on any atom is 0.219 e. The van der Waals surface area contributed by atoms with Crippen molar-refractivity contribution >= 4 is 5.91 Å². The van der Waals surface area contributed by atoms with Crippen LogP contribution in [0.1, 0.15) is 104 Å². The zero-order valence-electron chi connectivity index (χ0n) is 22.4. The van der Waals surface area contributed by atoms with E-state index >= 15 is 0 Å². The van der Waals surface area contributed by atoms with E-state index in [1.165, 1.54) is 83.6 Å². The van der Waals surface area contributed by atoms with E-state index in [-0.39, 0.29) is 5.91 Å². The van der Waals surface area contributed by atoms with E-state index in [9.17, 15) is 4.79 Å². The van der Waals surface area contributed by atoms with E-state index in [0.717, 1.165) is 24.9 Å². The number of rotatable bonds is 4. The third-order valence-electron chi connectivity index (χ3n) is 9.83. The second-order valence-electron chi connectivity index (χ2n) is 12.7. The monoisotopic (exact) mass is 467 g/mol. The molecule has 2 unspecified atom stereocenters. The highest BCUT2D eigenvalue weighted by Crippen LogP contribution is 2.42. The van der Waals surface area contributed by atoms with Crippen molar-refractivity contribution in [3.8, 4) is 0 Å². The molecule has 0 spiro atoms. The molecule has 1 N–H and O–H groups in total. The summed E-state index contributed by atoms with van der Waals surface area (Å²) in [6.45, 7) is 8.87. The van der Waals surface area contributed by atoms with Crippen LogP contribution >= 0.6 is 0 Å². The topological polar surface area (TPSA) is 35.6 Å². The van der Waals surface area contributed by atoms with Crippen molar-refractivity contribution in [3.63, 3.8) is 0 Å². The summed E-state index contributed by atoms with van der Waals surface area (Å²) >= 11 is 0. The standard InChI is InChI=1S/C30H49N3O/c1-20-14-23(27-10-6-12-32(4)29(27)16-20)18-25-8-5-9-26(31-25)19-24-15-21(2)17-30-28(24)11-7-13-33(30)22(3)34/h20-21,25-26,29-31H,5-19H2,1-4H3/t20-,21-,25?,26?,29+,30-/m1/s1. The molecule has 6 atom stereocenters. The van der Waals surface area contributed by atoms with Gasteiger partial charge in [0, 0.05) is 31.6 Å². The smallest absolute Gasteiger partial charge is 0.219 e. The number of piperidine rings is 3. The Morgan fingerprint density at radius 3 is 2.03 bits per heavy atom. The minimum Gasteiger partial charge on any atom is -0.336 e. The molecule has 5 aliphatic rings. The van der Waals surface area contributed by atoms with Crippen LogP contribution in [0.5, 0.6) is 0 Å². The lowest BCUT2D eigenvalue weighted by atomic mass is 9.74. The molecule has 0 aromatic heterocycles. The van der Waals surface area contributed by atoms with Gasteiger partial charge in [-0.15, -0.1) is 0 Å². The Morgan fingerprint density at radius 1 is 0.853 bits per heavy atom. The summed E-state index contributed by atoms with van der Waals surface area (Å²) in [5, 5.41) is 4.15. The Bertz CT molecular complexity index is 829. The van der Waals surface area contributed by atoms with Gasteiger partial charge in [0.2, 0.25) is 5.91 Å². The Hall–Kier alpha value is -1.13. The molecule has 4 heteroatoms. The first-order valence-electron chi connectivity index (χ1n) is 14.5. The lowest BCUT2D eigenvalue weighted by Crippen LogP contribution is -2.48. The zero-order valence-corrected chi connectivity index (χ0v) is 22.4. The van der Waals surface area contributed by atoms with Crippen molar-refractivity contribution in [1.29, 1.82) is 0 Å². The number of nitrogens with one attached hydrogen (secondary N) is 1. The highest BCUT2D eigenvalue weighted by atomic mass is 16.2. The van der Waals surface area contributed by atoms with Crippen molar-refractivity contribution in [2.24, 2.45) is 11.8 Å². The molecule has 190 valence electrons. The van der Waals surface area contributed by atoms with Crippen LogP contribution in [0.3, 0.4) is 0 Å². The Morgan fingerprint density at radius 2 is 1.41 bits per heavy atom. The van der Waals surface area contributed by atoms with Gasteiger partial charge in [0.1, 0.15) is 0 Å². The van der Waals surface area contributed by atoms with Gasteiger partial charge in [-0.3, -0.25) is 9.69 Å². The molecule has 0 aromatic carbocycles. The largest absolute Gasteiger partial charge is 0.336 e. The zero-order chi connectivity index (χ0) is 23.8. The quantitative estimate of drug-likeness (QED) is 0.528. The SMILES string of the molecule is CC(=O)N1CCCC2=C(CC3CCCC(CC4=C5CCCN(C)[C@H]5C[C@H](C)C4)N3)C[C@@H](C)C[C@H]21. The molecule has 5 rings (SSSR count). The third-order valence-corrected chi connectivity index (χ3v) is 9.83. The minimum absolute atomic E-state index is 0.273. The summed E-state index contributed by atoms with van der Waals surface area (Å²) in [5.41, 5.74) is 6.97. The van der Waals surface area contributed by atoms with Crippen molar-refractivity contribution < 1.29 is 4.79 Å². The predicted molar refractivity (Wildman–Crippen MR) is 141 cm³/mol. The number of likely N-dealkylation sites (N-methyl/N-ethyl adjacent to an activating group) is 1. The van der Waals surface area contributed by atoms with Crippen LogP contribution in [0.25, 0.3) is 0 Å². The number of fused-ring (bicyclic) bond motifs is 2. The van der Waals surface area contributed by atoms with E-state index in [0.29, 0.717) is 24.0 Å². The lowest BCUT2D eigenvalue weighted by molar-refractivity contribution is -0.131. The van der Waals surface area contributed by atoms with Gasteiger partial charge in [0.25, 0.3) is 0 Å². The summed E-state index contributed by atoms with van der Waals surface area (Å²) in [5.74, 6) is 1.79. The maximum absolute atomic E-state index is 12.3. The van der Waals surface area contributed by atoms with Crippen molar-refractivity contribution in [3.05, 3.63) is 22.3 Å². The van der Waals surface area contributed by atoms with Gasteiger partial charge in [0.05, 0.1) is 6.04 Å². The molecule has 3 aliphatic heterocycles. The molecule has 0 radical (unpaired) electrons. The van der Waals surface area contributed by atoms with Gasteiger partial charge in [-0.05, 0) is 108 Å². The summed E-state index contributed by atoms with van der Waals surface area (Å²) in [6.07, 6.45) is 16.7. The normalized spacial score (nSPS) is 37.5. The first-order chi connectivity index (χ1) is 16.4. The number of likely N-dealkylation sites (tertiary alicyclic amines) is 2. The Labute approximate surface area is 208 Å². The number of nitrogens with zero attached hydrogens (tertiary/aromatic N) is 2. The summed E-state index contributed by atoms with van der Waals surface area (Å²) in [7, 11) is 2.35. The number of hydrogen-bond acceptors (Lipinski definition) is 3. The van der Waals surface area contributed by atoms with Crippen LogP contribution in [-0.4, -0.2) is 60.0 Å². The molecule has 3 saturated heterocycles. The van der Waals surface area contributed by atoms with Gasteiger partial charge < -0.3 is 10.2 Å². The number of carbonyl (C=O) groups is 1. The van der Waals surface area contributed by atoms with Crippen LogP contribution in [-0.2, 0) is 4.79 Å². The number of amides is 1. The fraction of sp³-hybridized carbons (Fsp3) is 0.833. The van der Waals surface area contributed by atoms with Gasteiger partial charge >= 0.3 is 0 Å². The fourth-order valence-corrected chi connectivity index (χ4v) is 8.34. The maximum atomic E-state index is 12.3. The second-order valence-corrected chi connectivity index (χ2v) is 12.7. The van der Waals surface area contributed by atoms with Gasteiger partial charge in [-0.2, -0.15) is 0 Å². The van der Waals surface area contributed by atoms with Gasteiger partial charge in [-0.25, -0.2) is 0 Å². The summed E-state index contributed by atoms with van der Waals surface area (Å²) < 4.78 is 0. The fourth-order valence-electron chi connectivity index (χ4n) is 8.34. The highest BCUT2D eigenvalue weighted by Gasteiger charge is 2.37. The number of carbonyl (C=O) groups excluding carboxylic acids is 1. The molecule has 1 amide bonds. The average Bonchev–Trinajstić information content (AvgIpc) is 2.79. The first-order valence-corrected chi connectivity index (χ1v) is 14.5. The molecule has 34 heavy (non-hydrogen) atoms. The molecule has 3 heterocycles. The van der Waals surface area contributed by atoms with E-state index in [1.807, 2.05) is 11.1 Å². The first kappa shape index (κ1) is 24.6. The number of hydrogen-bond donors (Lipinski definition) is 1. The van der Waals surface area contributed by atoms with Crippen LogP contribution in [0.4, 0.5) is 0 Å². The summed E-state index contributed by atoms with van der Waals surface area (Å²) in [6, 6.07) is 2.38. The van der Waals surface area contributed by atoms with Crippen molar-refractivity contribution in [2.45, 2.75) is 128 Å². The van der Waals surface area contributed by atoms with E-state index < -0.39 is 0 Å². The molecule has 0 aromatic rings. The minimum atomic E-state index is 0.273. The predicted octanol–water partition coefficient (Wildman–Crippen LogP) is 5.84. The van der Waals surface area contributed by atoms with E-state index in [1.54, 1.807) is 18.1 Å². The average molecular weight is 468 g/mol. The Kier molecular flexibility index (Phi) is 7.56. The Balaban J connectivity index is 1.28. The molecule has 4 nitrogen and oxygen atoms in total.